The number of hydrogen-bond donors (Lipinski definition) is 2. The molecule has 0 saturated carbocycles. The van der Waals surface area contributed by atoms with Crippen molar-refractivity contribution in [2.75, 3.05) is 27.9 Å². The molecule has 0 aliphatic carbocycles. The number of methoxy groups -OCH3 is 3. The number of Topliss-reactive ketones (excluding diaryl/α,β-unsaturated/α-hetero) is 1. The lowest BCUT2D eigenvalue weighted by molar-refractivity contribution is -0.135. The zero-order valence-corrected chi connectivity index (χ0v) is 17.0. The zero-order chi connectivity index (χ0) is 19.9. The molecule has 8 heteroatoms. The highest BCUT2D eigenvalue weighted by molar-refractivity contribution is 9.10. The van der Waals surface area contributed by atoms with Crippen molar-refractivity contribution in [3.63, 3.8) is 0 Å². The van der Waals surface area contributed by atoms with Gasteiger partial charge in [-0.05, 0) is 27.9 Å². The van der Waals surface area contributed by atoms with Crippen LogP contribution < -0.4 is 14.8 Å². The largest absolute Gasteiger partial charge is 0.496 e. The number of ether oxygens (including phenoxy) is 3. The third-order valence-electron chi connectivity index (χ3n) is 3.81. The molecule has 0 aliphatic heterocycles. The molecule has 1 unspecified atom stereocenters. The van der Waals surface area contributed by atoms with Gasteiger partial charge >= 0.3 is 5.97 Å². The average Bonchev–Trinajstić information content (AvgIpc) is 2.63. The Balaban J connectivity index is 3.34. The van der Waals surface area contributed by atoms with Crippen LogP contribution in [-0.4, -0.2) is 50.8 Å². The summed E-state index contributed by atoms with van der Waals surface area (Å²) in [6.07, 6.45) is 1.27. The van der Waals surface area contributed by atoms with E-state index in [-0.39, 0.29) is 35.5 Å². The van der Waals surface area contributed by atoms with Crippen LogP contribution in [0.4, 0.5) is 0 Å². The molecule has 144 valence electrons. The van der Waals surface area contributed by atoms with Crippen molar-refractivity contribution in [1.82, 2.24) is 5.32 Å². The Labute approximate surface area is 161 Å². The molecule has 1 rings (SSSR count). The first-order valence-corrected chi connectivity index (χ1v) is 8.71. The zero-order valence-electron chi connectivity index (χ0n) is 15.5. The van der Waals surface area contributed by atoms with Crippen LogP contribution in [0.1, 0.15) is 24.2 Å². The maximum absolute atomic E-state index is 12.9. The van der Waals surface area contributed by atoms with Crippen molar-refractivity contribution < 1.29 is 28.9 Å². The Morgan fingerprint density at radius 1 is 1.19 bits per heavy atom. The van der Waals surface area contributed by atoms with Gasteiger partial charge in [-0.1, -0.05) is 13.8 Å². The van der Waals surface area contributed by atoms with Crippen LogP contribution in [0.2, 0.25) is 0 Å². The third-order valence-corrected chi connectivity index (χ3v) is 4.43. The molecule has 1 aromatic carbocycles. The van der Waals surface area contributed by atoms with E-state index in [0.717, 1.165) is 0 Å². The summed E-state index contributed by atoms with van der Waals surface area (Å²) < 4.78 is 15.7. The van der Waals surface area contributed by atoms with E-state index in [1.807, 2.05) is 13.8 Å². The van der Waals surface area contributed by atoms with Crippen LogP contribution in [0.15, 0.2) is 28.4 Å². The summed E-state index contributed by atoms with van der Waals surface area (Å²) in [6.45, 7) is 3.67. The van der Waals surface area contributed by atoms with Crippen molar-refractivity contribution in [1.29, 1.82) is 0 Å². The second kappa shape index (κ2) is 10.2. The predicted molar refractivity (Wildman–Crippen MR) is 101 cm³/mol. The Morgan fingerprint density at radius 3 is 2.27 bits per heavy atom. The molecule has 0 radical (unpaired) electrons. The van der Waals surface area contributed by atoms with Crippen molar-refractivity contribution in [3.8, 4) is 11.5 Å². The lowest BCUT2D eigenvalue weighted by atomic mass is 10.0. The standard InChI is InChI=1S/C18H24BrNO6/c1-10(2)14(9-21)20-8-12(18(23)26-5)17(22)11-6-13(19)16(25-4)7-15(11)24-3/h6-8,10,14,20-21H,9H2,1-5H3. The topological polar surface area (TPSA) is 94.1 Å². The summed E-state index contributed by atoms with van der Waals surface area (Å²) >= 11 is 3.32. The van der Waals surface area contributed by atoms with Gasteiger partial charge < -0.3 is 24.6 Å². The van der Waals surface area contributed by atoms with Crippen LogP contribution in [0.3, 0.4) is 0 Å². The molecule has 0 heterocycles. The molecule has 0 fully saturated rings. The SMILES string of the molecule is COC(=O)C(=CNC(CO)C(C)C)C(=O)c1cc(Br)c(OC)cc1OC. The van der Waals surface area contributed by atoms with E-state index in [9.17, 15) is 14.7 Å². The Kier molecular flexibility index (Phi) is 8.60. The van der Waals surface area contributed by atoms with Crippen LogP contribution in [0.25, 0.3) is 0 Å². The fourth-order valence-corrected chi connectivity index (χ4v) is 2.66. The number of benzene rings is 1. The third kappa shape index (κ3) is 5.22. The highest BCUT2D eigenvalue weighted by Crippen LogP contribution is 2.34. The highest BCUT2D eigenvalue weighted by atomic mass is 79.9. The van der Waals surface area contributed by atoms with Crippen LogP contribution in [0, 0.1) is 5.92 Å². The molecule has 0 bridgehead atoms. The van der Waals surface area contributed by atoms with Gasteiger partial charge in [-0.15, -0.1) is 0 Å². The number of halogens is 1. The number of rotatable bonds is 9. The number of ketones is 1. The van der Waals surface area contributed by atoms with Crippen molar-refractivity contribution in [2.45, 2.75) is 19.9 Å². The Bertz CT molecular complexity index is 687. The molecule has 0 spiro atoms. The number of nitrogens with one attached hydrogen (secondary N) is 1. The maximum Gasteiger partial charge on any atom is 0.343 e. The smallest absolute Gasteiger partial charge is 0.343 e. The number of carbonyl (C=O) groups is 2. The Morgan fingerprint density at radius 2 is 1.81 bits per heavy atom. The molecule has 2 N–H and O–H groups in total. The van der Waals surface area contributed by atoms with Gasteiger partial charge in [-0.2, -0.15) is 0 Å². The number of carbonyl (C=O) groups excluding carboxylic acids is 2. The van der Waals surface area contributed by atoms with Gasteiger partial charge in [-0.25, -0.2) is 4.79 Å². The van der Waals surface area contributed by atoms with Gasteiger partial charge in [0.1, 0.15) is 17.1 Å². The van der Waals surface area contributed by atoms with Gasteiger partial charge in [0, 0.05) is 12.3 Å². The van der Waals surface area contributed by atoms with E-state index in [4.69, 9.17) is 14.2 Å². The van der Waals surface area contributed by atoms with E-state index >= 15 is 0 Å². The predicted octanol–water partition coefficient (Wildman–Crippen LogP) is 2.31. The lowest BCUT2D eigenvalue weighted by Gasteiger charge is -2.19. The first kappa shape index (κ1) is 22.0. The molecule has 0 aliphatic rings. The van der Waals surface area contributed by atoms with E-state index in [0.29, 0.717) is 10.2 Å². The molecule has 0 saturated heterocycles. The van der Waals surface area contributed by atoms with E-state index in [1.54, 1.807) is 6.07 Å². The quantitative estimate of drug-likeness (QED) is 0.204. The van der Waals surface area contributed by atoms with Gasteiger partial charge in [0.25, 0.3) is 0 Å². The fraction of sp³-hybridized carbons (Fsp3) is 0.444. The summed E-state index contributed by atoms with van der Waals surface area (Å²) in [7, 11) is 4.10. The van der Waals surface area contributed by atoms with Gasteiger partial charge in [-0.3, -0.25) is 4.79 Å². The maximum atomic E-state index is 12.9. The molecule has 1 aromatic rings. The summed E-state index contributed by atoms with van der Waals surface area (Å²) in [5, 5.41) is 12.3. The molecule has 0 amide bonds. The minimum Gasteiger partial charge on any atom is -0.496 e. The van der Waals surface area contributed by atoms with E-state index < -0.39 is 11.8 Å². The lowest BCUT2D eigenvalue weighted by Crippen LogP contribution is -2.34. The summed E-state index contributed by atoms with van der Waals surface area (Å²) in [6, 6.07) is 2.75. The monoisotopic (exact) mass is 429 g/mol. The second-order valence-corrected chi connectivity index (χ2v) is 6.62. The minimum absolute atomic E-state index is 0.0925. The first-order chi connectivity index (χ1) is 12.3. The van der Waals surface area contributed by atoms with E-state index in [2.05, 4.69) is 21.2 Å². The fourth-order valence-electron chi connectivity index (χ4n) is 2.16. The van der Waals surface area contributed by atoms with Gasteiger partial charge in [0.15, 0.2) is 0 Å². The number of hydrogen-bond acceptors (Lipinski definition) is 7. The van der Waals surface area contributed by atoms with Crippen molar-refractivity contribution >= 4 is 27.7 Å². The van der Waals surface area contributed by atoms with Crippen molar-refractivity contribution in [2.24, 2.45) is 5.92 Å². The van der Waals surface area contributed by atoms with Crippen molar-refractivity contribution in [3.05, 3.63) is 33.9 Å². The van der Waals surface area contributed by atoms with Gasteiger partial charge in [0.05, 0.1) is 44.0 Å². The minimum atomic E-state index is -0.795. The Hall–Kier alpha value is -2.06. The number of esters is 1. The molecule has 7 nitrogen and oxygen atoms in total. The second-order valence-electron chi connectivity index (χ2n) is 5.77. The molecule has 1 atom stereocenters. The summed E-state index contributed by atoms with van der Waals surface area (Å²) in [5.74, 6) is -0.537. The van der Waals surface area contributed by atoms with Crippen LogP contribution in [0.5, 0.6) is 11.5 Å². The number of aliphatic hydroxyl groups is 1. The normalized spacial score (nSPS) is 12.5. The first-order valence-electron chi connectivity index (χ1n) is 7.92. The van der Waals surface area contributed by atoms with E-state index in [1.165, 1.54) is 33.6 Å². The average molecular weight is 430 g/mol. The number of aliphatic hydroxyl groups excluding tert-OH is 1. The molecular formula is C18H24BrNO6. The molecular weight excluding hydrogens is 406 g/mol. The summed E-state index contributed by atoms with van der Waals surface area (Å²) in [4.78, 5) is 25.0. The molecule has 26 heavy (non-hydrogen) atoms. The molecule has 0 aromatic heterocycles. The van der Waals surface area contributed by atoms with Crippen LogP contribution in [-0.2, 0) is 9.53 Å². The van der Waals surface area contributed by atoms with Crippen LogP contribution >= 0.6 is 15.9 Å². The summed E-state index contributed by atoms with van der Waals surface area (Å²) in [5.41, 5.74) is -0.0364. The van der Waals surface area contributed by atoms with Gasteiger partial charge in [0.2, 0.25) is 5.78 Å². The highest BCUT2D eigenvalue weighted by Gasteiger charge is 2.25.